The SMILES string of the molecule is CCCCCCCCCCCCCCCC(=O)OCCOC(c1ccccc1)(c1ccccc1)c1ccccc1. The van der Waals surface area contributed by atoms with Gasteiger partial charge in [0.1, 0.15) is 12.2 Å². The number of rotatable bonds is 21. The fourth-order valence-electron chi connectivity index (χ4n) is 5.48. The van der Waals surface area contributed by atoms with E-state index in [0.717, 1.165) is 29.5 Å². The second kappa shape index (κ2) is 19.2. The Morgan fingerprint density at radius 3 is 1.30 bits per heavy atom. The Bertz CT molecular complexity index is 936. The van der Waals surface area contributed by atoms with Gasteiger partial charge in [-0.2, -0.15) is 0 Å². The predicted molar refractivity (Wildman–Crippen MR) is 166 cm³/mol. The zero-order valence-electron chi connectivity index (χ0n) is 24.7. The van der Waals surface area contributed by atoms with Crippen molar-refractivity contribution in [1.29, 1.82) is 0 Å². The molecule has 0 heterocycles. The summed E-state index contributed by atoms with van der Waals surface area (Å²) in [6, 6.07) is 30.9. The monoisotopic (exact) mass is 542 g/mol. The second-order valence-corrected chi connectivity index (χ2v) is 10.8. The van der Waals surface area contributed by atoms with Crippen molar-refractivity contribution in [2.24, 2.45) is 0 Å². The molecule has 0 atom stereocenters. The van der Waals surface area contributed by atoms with Gasteiger partial charge in [0.2, 0.25) is 0 Å². The summed E-state index contributed by atoms with van der Waals surface area (Å²) in [5.74, 6) is -0.128. The maximum Gasteiger partial charge on any atom is 0.305 e. The lowest BCUT2D eigenvalue weighted by Gasteiger charge is -2.35. The van der Waals surface area contributed by atoms with E-state index in [0.29, 0.717) is 13.0 Å². The third-order valence-electron chi connectivity index (χ3n) is 7.69. The minimum absolute atomic E-state index is 0.128. The van der Waals surface area contributed by atoms with Crippen LogP contribution in [0.2, 0.25) is 0 Å². The number of ether oxygens (including phenoxy) is 2. The number of esters is 1. The third kappa shape index (κ3) is 10.6. The van der Waals surface area contributed by atoms with Crippen LogP contribution in [0, 0.1) is 0 Å². The minimum atomic E-state index is -0.786. The largest absolute Gasteiger partial charge is 0.463 e. The molecule has 0 radical (unpaired) electrons. The fraction of sp³-hybridized carbons (Fsp3) is 0.486. The maximum absolute atomic E-state index is 12.4. The molecular formula is C37H50O3. The molecule has 0 aliphatic carbocycles. The van der Waals surface area contributed by atoms with Gasteiger partial charge in [0, 0.05) is 6.42 Å². The molecule has 3 rings (SSSR count). The number of unbranched alkanes of at least 4 members (excludes halogenated alkanes) is 12. The molecule has 3 aromatic rings. The zero-order chi connectivity index (χ0) is 28.1. The summed E-state index contributed by atoms with van der Waals surface area (Å²) < 4.78 is 12.3. The van der Waals surface area contributed by atoms with Crippen molar-refractivity contribution < 1.29 is 14.3 Å². The van der Waals surface area contributed by atoms with Gasteiger partial charge < -0.3 is 9.47 Å². The molecule has 0 aliphatic rings. The lowest BCUT2D eigenvalue weighted by atomic mass is 9.80. The number of hydrogen-bond donors (Lipinski definition) is 0. The molecule has 0 N–H and O–H groups in total. The van der Waals surface area contributed by atoms with Crippen molar-refractivity contribution in [3.8, 4) is 0 Å². The van der Waals surface area contributed by atoms with Crippen LogP contribution >= 0.6 is 0 Å². The highest BCUT2D eigenvalue weighted by atomic mass is 16.6. The summed E-state index contributed by atoms with van der Waals surface area (Å²) in [5, 5.41) is 0. The summed E-state index contributed by atoms with van der Waals surface area (Å²) in [7, 11) is 0. The van der Waals surface area contributed by atoms with Crippen molar-refractivity contribution >= 4 is 5.97 Å². The molecular weight excluding hydrogens is 492 g/mol. The molecule has 3 nitrogen and oxygen atoms in total. The van der Waals surface area contributed by atoms with Crippen LogP contribution in [0.1, 0.15) is 114 Å². The highest BCUT2D eigenvalue weighted by Gasteiger charge is 2.37. The lowest BCUT2D eigenvalue weighted by molar-refractivity contribution is -0.146. The quantitative estimate of drug-likeness (QED) is 0.0763. The Morgan fingerprint density at radius 1 is 0.525 bits per heavy atom. The van der Waals surface area contributed by atoms with E-state index in [9.17, 15) is 4.79 Å². The van der Waals surface area contributed by atoms with Gasteiger partial charge in [-0.15, -0.1) is 0 Å². The van der Waals surface area contributed by atoms with E-state index in [1.165, 1.54) is 70.6 Å². The Kier molecular flexibility index (Phi) is 15.2. The lowest BCUT2D eigenvalue weighted by Crippen LogP contribution is -2.34. The van der Waals surface area contributed by atoms with Crippen LogP contribution in [0.5, 0.6) is 0 Å². The molecule has 0 spiro atoms. The van der Waals surface area contributed by atoms with Crippen LogP contribution in [0.4, 0.5) is 0 Å². The van der Waals surface area contributed by atoms with Crippen LogP contribution in [-0.4, -0.2) is 19.2 Å². The van der Waals surface area contributed by atoms with E-state index in [1.807, 2.05) is 54.6 Å². The molecule has 3 heteroatoms. The normalized spacial score (nSPS) is 11.4. The number of carbonyl (C=O) groups is 1. The predicted octanol–water partition coefficient (Wildman–Crippen LogP) is 10.0. The molecule has 0 saturated heterocycles. The second-order valence-electron chi connectivity index (χ2n) is 10.8. The van der Waals surface area contributed by atoms with Gasteiger partial charge in [-0.05, 0) is 23.1 Å². The molecule has 40 heavy (non-hydrogen) atoms. The first-order chi connectivity index (χ1) is 19.8. The molecule has 0 aliphatic heterocycles. The molecule has 0 saturated carbocycles. The van der Waals surface area contributed by atoms with Crippen LogP contribution in [0.15, 0.2) is 91.0 Å². The first-order valence-electron chi connectivity index (χ1n) is 15.7. The first-order valence-corrected chi connectivity index (χ1v) is 15.7. The molecule has 0 aromatic heterocycles. The van der Waals surface area contributed by atoms with Gasteiger partial charge in [0.15, 0.2) is 0 Å². The standard InChI is InChI=1S/C37H50O3/c1-2-3-4-5-6-7-8-9-10-11-12-13-23-30-36(38)39-31-32-40-37(33-24-17-14-18-25-33,34-26-19-15-20-27-34)35-28-21-16-22-29-35/h14-22,24-29H,2-13,23,30-32H2,1H3. The third-order valence-corrected chi connectivity index (χ3v) is 7.69. The fourth-order valence-corrected chi connectivity index (χ4v) is 5.48. The Hall–Kier alpha value is -2.91. The molecule has 0 unspecified atom stereocenters. The van der Waals surface area contributed by atoms with Crippen molar-refractivity contribution in [2.75, 3.05) is 13.2 Å². The van der Waals surface area contributed by atoms with E-state index in [2.05, 4.69) is 43.3 Å². The average Bonchev–Trinajstić information content (AvgIpc) is 3.01. The summed E-state index contributed by atoms with van der Waals surface area (Å²) in [4.78, 5) is 12.4. The Balaban J connectivity index is 1.39. The van der Waals surface area contributed by atoms with Crippen LogP contribution in [0.3, 0.4) is 0 Å². The first kappa shape index (κ1) is 31.6. The average molecular weight is 543 g/mol. The van der Waals surface area contributed by atoms with Gasteiger partial charge in [0.05, 0.1) is 6.61 Å². The number of benzene rings is 3. The molecule has 0 amide bonds. The van der Waals surface area contributed by atoms with E-state index in [1.54, 1.807) is 0 Å². The van der Waals surface area contributed by atoms with Crippen LogP contribution in [0.25, 0.3) is 0 Å². The molecule has 3 aromatic carbocycles. The number of carbonyl (C=O) groups excluding carboxylic acids is 1. The minimum Gasteiger partial charge on any atom is -0.463 e. The van der Waals surface area contributed by atoms with Crippen molar-refractivity contribution in [1.82, 2.24) is 0 Å². The molecule has 0 fully saturated rings. The van der Waals surface area contributed by atoms with Gasteiger partial charge in [0.25, 0.3) is 0 Å². The number of hydrogen-bond acceptors (Lipinski definition) is 3. The van der Waals surface area contributed by atoms with Gasteiger partial charge in [-0.1, -0.05) is 175 Å². The van der Waals surface area contributed by atoms with Gasteiger partial charge in [-0.3, -0.25) is 4.79 Å². The van der Waals surface area contributed by atoms with Crippen LogP contribution < -0.4 is 0 Å². The summed E-state index contributed by atoms with van der Waals surface area (Å²) in [6.45, 7) is 2.82. The Morgan fingerprint density at radius 2 is 0.900 bits per heavy atom. The summed E-state index contributed by atoms with van der Waals surface area (Å²) in [6.07, 6.45) is 17.3. The van der Waals surface area contributed by atoms with Crippen LogP contribution in [-0.2, 0) is 19.9 Å². The molecule has 0 bridgehead atoms. The summed E-state index contributed by atoms with van der Waals surface area (Å²) >= 11 is 0. The van der Waals surface area contributed by atoms with Crippen molar-refractivity contribution in [3.05, 3.63) is 108 Å². The van der Waals surface area contributed by atoms with E-state index in [-0.39, 0.29) is 12.6 Å². The van der Waals surface area contributed by atoms with E-state index >= 15 is 0 Å². The zero-order valence-corrected chi connectivity index (χ0v) is 24.7. The highest BCUT2D eigenvalue weighted by molar-refractivity contribution is 5.69. The topological polar surface area (TPSA) is 35.5 Å². The summed E-state index contributed by atoms with van der Waals surface area (Å²) in [5.41, 5.74) is 2.35. The van der Waals surface area contributed by atoms with Gasteiger partial charge >= 0.3 is 5.97 Å². The van der Waals surface area contributed by atoms with E-state index < -0.39 is 5.60 Å². The molecule has 216 valence electrons. The van der Waals surface area contributed by atoms with E-state index in [4.69, 9.17) is 9.47 Å². The van der Waals surface area contributed by atoms with Crippen molar-refractivity contribution in [2.45, 2.75) is 102 Å². The maximum atomic E-state index is 12.4. The highest BCUT2D eigenvalue weighted by Crippen LogP contribution is 2.40. The Labute approximate surface area is 243 Å². The smallest absolute Gasteiger partial charge is 0.305 e. The van der Waals surface area contributed by atoms with Gasteiger partial charge in [-0.25, -0.2) is 0 Å². The van der Waals surface area contributed by atoms with Crippen molar-refractivity contribution in [3.63, 3.8) is 0 Å².